The molecule has 0 aliphatic carbocycles. The molecule has 0 spiro atoms. The molecule has 1 aromatic carbocycles. The molecule has 1 aromatic heterocycles. The highest BCUT2D eigenvalue weighted by Crippen LogP contribution is 2.25. The predicted molar refractivity (Wildman–Crippen MR) is 85.3 cm³/mol. The minimum Gasteiger partial charge on any atom is -0.508 e. The number of phenols is 1. The molecule has 1 unspecified atom stereocenters. The van der Waals surface area contributed by atoms with Gasteiger partial charge in [-0.15, -0.1) is 0 Å². The number of benzene rings is 1. The molecular formula is C17H21N3O3. The molecule has 6 heteroatoms. The first kappa shape index (κ1) is 15.6. The predicted octanol–water partition coefficient (Wildman–Crippen LogP) is 2.38. The van der Waals surface area contributed by atoms with Crippen molar-refractivity contribution in [3.8, 4) is 5.75 Å². The maximum atomic E-state index is 12.6. The quantitative estimate of drug-likeness (QED) is 0.944. The van der Waals surface area contributed by atoms with E-state index in [0.29, 0.717) is 25.3 Å². The fourth-order valence-electron chi connectivity index (χ4n) is 2.67. The molecule has 1 atom stereocenters. The van der Waals surface area contributed by atoms with Gasteiger partial charge in [-0.05, 0) is 31.5 Å². The van der Waals surface area contributed by atoms with Gasteiger partial charge in [-0.2, -0.15) is 5.10 Å². The first-order valence-electron chi connectivity index (χ1n) is 7.78. The van der Waals surface area contributed by atoms with Crippen molar-refractivity contribution in [2.75, 3.05) is 19.7 Å². The third kappa shape index (κ3) is 3.37. The van der Waals surface area contributed by atoms with E-state index in [0.717, 1.165) is 5.56 Å². The molecule has 3 rings (SSSR count). The number of ether oxygens (including phenoxy) is 1. The SMILES string of the molecule is CC(C)n1cc(C(=O)N2CCOC(c3cccc(O)c3)C2)cn1. The van der Waals surface area contributed by atoms with Gasteiger partial charge in [0, 0.05) is 18.8 Å². The zero-order chi connectivity index (χ0) is 16.4. The van der Waals surface area contributed by atoms with Crippen molar-refractivity contribution in [1.82, 2.24) is 14.7 Å². The summed E-state index contributed by atoms with van der Waals surface area (Å²) in [4.78, 5) is 14.4. The smallest absolute Gasteiger partial charge is 0.257 e. The van der Waals surface area contributed by atoms with Crippen molar-refractivity contribution in [3.63, 3.8) is 0 Å². The summed E-state index contributed by atoms with van der Waals surface area (Å²) < 4.78 is 7.53. The van der Waals surface area contributed by atoms with Crippen LogP contribution in [0.25, 0.3) is 0 Å². The van der Waals surface area contributed by atoms with Crippen LogP contribution in [0, 0.1) is 0 Å². The molecule has 2 aromatic rings. The Morgan fingerprint density at radius 3 is 2.96 bits per heavy atom. The fraction of sp³-hybridized carbons (Fsp3) is 0.412. The maximum absolute atomic E-state index is 12.6. The Labute approximate surface area is 135 Å². The van der Waals surface area contributed by atoms with Crippen LogP contribution in [-0.4, -0.2) is 45.4 Å². The van der Waals surface area contributed by atoms with Crippen LogP contribution in [0.1, 0.15) is 41.9 Å². The van der Waals surface area contributed by atoms with Gasteiger partial charge in [0.1, 0.15) is 11.9 Å². The molecule has 1 fully saturated rings. The van der Waals surface area contributed by atoms with Crippen LogP contribution in [0.15, 0.2) is 36.7 Å². The molecule has 0 bridgehead atoms. The standard InChI is InChI=1S/C17H21N3O3/c1-12(2)20-10-14(9-18-20)17(22)19-6-7-23-16(11-19)13-4-3-5-15(21)8-13/h3-5,8-10,12,16,21H,6-7,11H2,1-2H3. The van der Waals surface area contributed by atoms with Gasteiger partial charge >= 0.3 is 0 Å². The Bertz CT molecular complexity index is 696. The number of hydrogen-bond donors (Lipinski definition) is 1. The average Bonchev–Trinajstić information content (AvgIpc) is 3.04. The van der Waals surface area contributed by atoms with E-state index in [1.54, 1.807) is 40.2 Å². The highest BCUT2D eigenvalue weighted by molar-refractivity contribution is 5.93. The fourth-order valence-corrected chi connectivity index (χ4v) is 2.67. The number of hydrogen-bond acceptors (Lipinski definition) is 4. The number of nitrogens with zero attached hydrogens (tertiary/aromatic N) is 3. The summed E-state index contributed by atoms with van der Waals surface area (Å²) in [6.45, 7) is 5.54. The summed E-state index contributed by atoms with van der Waals surface area (Å²) in [7, 11) is 0. The molecule has 1 aliphatic rings. The Morgan fingerprint density at radius 1 is 1.43 bits per heavy atom. The summed E-state index contributed by atoms with van der Waals surface area (Å²) in [5, 5.41) is 13.8. The Kier molecular flexibility index (Phi) is 4.34. The number of carbonyl (C=O) groups excluding carboxylic acids is 1. The summed E-state index contributed by atoms with van der Waals surface area (Å²) in [6.07, 6.45) is 3.17. The lowest BCUT2D eigenvalue weighted by atomic mass is 10.1. The second-order valence-corrected chi connectivity index (χ2v) is 6.01. The molecule has 2 heterocycles. The number of amides is 1. The van der Waals surface area contributed by atoms with E-state index in [1.165, 1.54) is 0 Å². The molecule has 1 saturated heterocycles. The average molecular weight is 315 g/mol. The first-order valence-corrected chi connectivity index (χ1v) is 7.78. The van der Waals surface area contributed by atoms with Gasteiger partial charge in [0.15, 0.2) is 0 Å². The highest BCUT2D eigenvalue weighted by Gasteiger charge is 2.27. The van der Waals surface area contributed by atoms with E-state index in [9.17, 15) is 9.90 Å². The number of carbonyl (C=O) groups is 1. The topological polar surface area (TPSA) is 67.6 Å². The third-order valence-electron chi connectivity index (χ3n) is 3.97. The zero-order valence-electron chi connectivity index (χ0n) is 13.3. The molecule has 1 amide bonds. The molecule has 6 nitrogen and oxygen atoms in total. The molecule has 1 N–H and O–H groups in total. The van der Waals surface area contributed by atoms with Crippen molar-refractivity contribution in [2.45, 2.75) is 26.0 Å². The minimum absolute atomic E-state index is 0.0367. The van der Waals surface area contributed by atoms with Crippen molar-refractivity contribution in [3.05, 3.63) is 47.8 Å². The van der Waals surface area contributed by atoms with Crippen LogP contribution >= 0.6 is 0 Å². The molecule has 122 valence electrons. The van der Waals surface area contributed by atoms with Crippen molar-refractivity contribution >= 4 is 5.91 Å². The van der Waals surface area contributed by atoms with Crippen molar-refractivity contribution in [1.29, 1.82) is 0 Å². The monoisotopic (exact) mass is 315 g/mol. The van der Waals surface area contributed by atoms with E-state index in [-0.39, 0.29) is 23.8 Å². The van der Waals surface area contributed by atoms with E-state index < -0.39 is 0 Å². The van der Waals surface area contributed by atoms with Crippen LogP contribution in [0.3, 0.4) is 0 Å². The number of morpholine rings is 1. The summed E-state index contributed by atoms with van der Waals surface area (Å²) in [5.41, 5.74) is 1.47. The van der Waals surface area contributed by atoms with Gasteiger partial charge in [-0.1, -0.05) is 12.1 Å². The number of aromatic nitrogens is 2. The van der Waals surface area contributed by atoms with Crippen LogP contribution < -0.4 is 0 Å². The van der Waals surface area contributed by atoms with E-state index in [2.05, 4.69) is 5.10 Å². The number of rotatable bonds is 3. The van der Waals surface area contributed by atoms with Gasteiger partial charge in [0.05, 0.1) is 24.9 Å². The van der Waals surface area contributed by atoms with Crippen molar-refractivity contribution < 1.29 is 14.6 Å². The molecule has 1 aliphatic heterocycles. The number of phenolic OH excluding ortho intramolecular Hbond substituents is 1. The Morgan fingerprint density at radius 2 is 2.26 bits per heavy atom. The van der Waals surface area contributed by atoms with Crippen molar-refractivity contribution in [2.24, 2.45) is 0 Å². The summed E-state index contributed by atoms with van der Waals surface area (Å²) in [5.74, 6) is 0.165. The lowest BCUT2D eigenvalue weighted by Gasteiger charge is -2.33. The first-order chi connectivity index (χ1) is 11.0. The maximum Gasteiger partial charge on any atom is 0.257 e. The van der Waals surface area contributed by atoms with Gasteiger partial charge in [0.25, 0.3) is 5.91 Å². The van der Waals surface area contributed by atoms with Gasteiger partial charge in [-0.3, -0.25) is 9.48 Å². The van der Waals surface area contributed by atoms with Crippen LogP contribution in [0.2, 0.25) is 0 Å². The Balaban J connectivity index is 1.73. The highest BCUT2D eigenvalue weighted by atomic mass is 16.5. The van der Waals surface area contributed by atoms with Crippen LogP contribution in [0.4, 0.5) is 0 Å². The summed E-state index contributed by atoms with van der Waals surface area (Å²) in [6, 6.07) is 7.20. The minimum atomic E-state index is -0.222. The van der Waals surface area contributed by atoms with Gasteiger partial charge < -0.3 is 14.7 Å². The third-order valence-corrected chi connectivity index (χ3v) is 3.97. The molecule has 23 heavy (non-hydrogen) atoms. The Hall–Kier alpha value is -2.34. The van der Waals surface area contributed by atoms with Gasteiger partial charge in [-0.25, -0.2) is 0 Å². The van der Waals surface area contributed by atoms with Crippen LogP contribution in [0.5, 0.6) is 5.75 Å². The van der Waals surface area contributed by atoms with Gasteiger partial charge in [0.2, 0.25) is 0 Å². The van der Waals surface area contributed by atoms with Crippen LogP contribution in [-0.2, 0) is 4.74 Å². The second-order valence-electron chi connectivity index (χ2n) is 6.01. The largest absolute Gasteiger partial charge is 0.508 e. The van der Waals surface area contributed by atoms with E-state index in [1.807, 2.05) is 19.9 Å². The molecular weight excluding hydrogens is 294 g/mol. The van der Waals surface area contributed by atoms with E-state index in [4.69, 9.17) is 4.74 Å². The van der Waals surface area contributed by atoms with E-state index >= 15 is 0 Å². The number of aromatic hydroxyl groups is 1. The lowest BCUT2D eigenvalue weighted by molar-refractivity contribution is -0.0228. The lowest BCUT2D eigenvalue weighted by Crippen LogP contribution is -2.42. The summed E-state index contributed by atoms with van der Waals surface area (Å²) >= 11 is 0. The molecule has 0 saturated carbocycles. The molecule has 0 radical (unpaired) electrons. The second kappa shape index (κ2) is 6.42. The zero-order valence-corrected chi connectivity index (χ0v) is 13.3. The normalized spacial score (nSPS) is 18.4.